The van der Waals surface area contributed by atoms with Gasteiger partial charge in [0.25, 0.3) is 0 Å². The third-order valence-electron chi connectivity index (χ3n) is 7.73. The average Bonchev–Trinajstić information content (AvgIpc) is 3.14. The second-order valence-electron chi connectivity index (χ2n) is 12.7. The molecule has 0 radical (unpaired) electrons. The highest BCUT2D eigenvalue weighted by Gasteiger charge is 2.28. The minimum atomic E-state index is -4.73. The number of unbranched alkanes of at least 4 members (excludes halogenated alkanes) is 10. The Bertz CT molecular complexity index is 1240. The van der Waals surface area contributed by atoms with Gasteiger partial charge in [0, 0.05) is 12.8 Å². The van der Waals surface area contributed by atoms with Gasteiger partial charge in [-0.2, -0.15) is 0 Å². The van der Waals surface area contributed by atoms with Crippen molar-refractivity contribution in [2.75, 3.05) is 19.8 Å². The first kappa shape index (κ1) is 50.7. The number of carboxylic acids is 1. The quantitative estimate of drug-likeness (QED) is 0.0184. The fourth-order valence-electron chi connectivity index (χ4n) is 4.68. The lowest BCUT2D eigenvalue weighted by molar-refractivity contribution is -0.161. The first-order valence-corrected chi connectivity index (χ1v) is 21.2. The van der Waals surface area contributed by atoms with Gasteiger partial charge in [0.05, 0.1) is 13.2 Å². The van der Waals surface area contributed by atoms with E-state index in [1.807, 2.05) is 36.5 Å². The summed E-state index contributed by atoms with van der Waals surface area (Å²) in [7, 11) is -4.73. The summed E-state index contributed by atoms with van der Waals surface area (Å²) in [5.41, 5.74) is 5.32. The van der Waals surface area contributed by atoms with Gasteiger partial charge in [0.15, 0.2) is 6.10 Å². The van der Waals surface area contributed by atoms with Gasteiger partial charge >= 0.3 is 25.7 Å². The fraction of sp³-hybridized carbons (Fsp3) is 0.595. The molecule has 0 aliphatic carbocycles. The molecule has 0 aromatic carbocycles. The Balaban J connectivity index is 4.51. The molecule has 11 nitrogen and oxygen atoms in total. The Kier molecular flexibility index (Phi) is 34.4. The Morgan fingerprint density at radius 3 is 1.69 bits per heavy atom. The lowest BCUT2D eigenvalue weighted by atomic mass is 10.1. The van der Waals surface area contributed by atoms with Gasteiger partial charge < -0.3 is 25.2 Å². The topological polar surface area (TPSA) is 172 Å². The van der Waals surface area contributed by atoms with Crippen LogP contribution in [0.2, 0.25) is 0 Å². The zero-order chi connectivity index (χ0) is 40.0. The van der Waals surface area contributed by atoms with E-state index in [9.17, 15) is 23.8 Å². The number of carboxylic acid groups (broad SMARTS) is 1. The van der Waals surface area contributed by atoms with E-state index in [0.29, 0.717) is 12.8 Å². The van der Waals surface area contributed by atoms with Gasteiger partial charge in [0.1, 0.15) is 12.6 Å². The predicted octanol–water partition coefficient (Wildman–Crippen LogP) is 9.94. The number of carbonyl (C=O) groups excluding carboxylic acids is 2. The lowest BCUT2D eigenvalue weighted by Crippen LogP contribution is -2.34. The number of phosphoric ester groups is 1. The zero-order valence-electron chi connectivity index (χ0n) is 32.8. The molecule has 0 rings (SSSR count). The molecule has 0 saturated carbocycles. The molecule has 0 aliphatic rings. The molecule has 12 heteroatoms. The van der Waals surface area contributed by atoms with E-state index >= 15 is 0 Å². The maximum Gasteiger partial charge on any atom is 0.472 e. The van der Waals surface area contributed by atoms with Crippen LogP contribution < -0.4 is 5.73 Å². The molecule has 0 spiro atoms. The van der Waals surface area contributed by atoms with E-state index in [1.165, 1.54) is 0 Å². The molecule has 0 aromatic heterocycles. The van der Waals surface area contributed by atoms with E-state index in [2.05, 4.69) is 67.0 Å². The molecule has 0 amide bonds. The van der Waals surface area contributed by atoms with E-state index in [4.69, 9.17) is 24.8 Å². The van der Waals surface area contributed by atoms with Gasteiger partial charge in [0.2, 0.25) is 0 Å². The van der Waals surface area contributed by atoms with Crippen molar-refractivity contribution in [3.05, 3.63) is 85.1 Å². The van der Waals surface area contributed by atoms with Crippen molar-refractivity contribution in [2.45, 2.75) is 142 Å². The minimum absolute atomic E-state index is 0.126. The highest BCUT2D eigenvalue weighted by atomic mass is 31.2. The number of esters is 2. The SMILES string of the molecule is CC/C=C/C=C/C=C/C=C/CCCCCCCC(=O)O[C@H](COC(=O)CCCCCCC/C=C/C/C=C/C/C=C/CC)COP(=O)(O)OC[C@H](N)C(=O)O. The Hall–Kier alpha value is -3.34. The van der Waals surface area contributed by atoms with Crippen LogP contribution in [0.15, 0.2) is 85.1 Å². The van der Waals surface area contributed by atoms with Crippen molar-refractivity contribution in [3.8, 4) is 0 Å². The highest BCUT2D eigenvalue weighted by Crippen LogP contribution is 2.43. The second kappa shape index (κ2) is 36.6. The molecule has 0 fully saturated rings. The first-order chi connectivity index (χ1) is 26.1. The van der Waals surface area contributed by atoms with Crippen LogP contribution in [0, 0.1) is 0 Å². The predicted molar refractivity (Wildman–Crippen MR) is 217 cm³/mol. The van der Waals surface area contributed by atoms with Crippen LogP contribution in [-0.4, -0.2) is 59.9 Å². The molecule has 0 aliphatic heterocycles. The largest absolute Gasteiger partial charge is 0.480 e. The summed E-state index contributed by atoms with van der Waals surface area (Å²) in [6.07, 6.45) is 43.6. The van der Waals surface area contributed by atoms with Gasteiger partial charge in [-0.1, -0.05) is 137 Å². The summed E-state index contributed by atoms with van der Waals surface area (Å²) < 4.78 is 32.6. The monoisotopic (exact) mass is 777 g/mol. The Labute approximate surface area is 324 Å². The summed E-state index contributed by atoms with van der Waals surface area (Å²) in [5.74, 6) is -2.45. The summed E-state index contributed by atoms with van der Waals surface area (Å²) in [5, 5.41) is 8.87. The summed E-state index contributed by atoms with van der Waals surface area (Å²) in [6.45, 7) is 2.48. The normalized spacial score (nSPS) is 14.7. The zero-order valence-corrected chi connectivity index (χ0v) is 33.7. The van der Waals surface area contributed by atoms with Gasteiger partial charge in [-0.15, -0.1) is 0 Å². The molecule has 0 bridgehead atoms. The molecule has 0 aromatic rings. The minimum Gasteiger partial charge on any atom is -0.480 e. The standard InChI is InChI=1S/C42H68NO10P/c1-3-5-7-9-11-13-15-17-19-21-23-25-27-29-31-33-40(44)50-35-38(36-51-54(48,49)52-37-39(43)42(46)47)53-41(45)34-32-30-28-26-24-22-20-18-16-14-12-10-8-6-4-2/h5-8,10-14,16-20,38-39H,3-4,9,15,21-37,43H2,1-2H3,(H,46,47)(H,48,49)/b7-5+,8-6+,12-10+,13-11+,16-14+,19-17+,20-18+/t38-,39+/m1/s1. The number of hydrogen-bond donors (Lipinski definition) is 3. The number of rotatable bonds is 35. The van der Waals surface area contributed by atoms with Crippen molar-refractivity contribution in [1.82, 2.24) is 0 Å². The van der Waals surface area contributed by atoms with E-state index in [1.54, 1.807) is 0 Å². The molecule has 0 heterocycles. The van der Waals surface area contributed by atoms with Crippen LogP contribution in [0.4, 0.5) is 0 Å². The average molecular weight is 778 g/mol. The highest BCUT2D eigenvalue weighted by molar-refractivity contribution is 7.47. The van der Waals surface area contributed by atoms with Crippen LogP contribution >= 0.6 is 7.82 Å². The van der Waals surface area contributed by atoms with Crippen LogP contribution in [0.25, 0.3) is 0 Å². The van der Waals surface area contributed by atoms with Gasteiger partial charge in [-0.05, 0) is 64.2 Å². The molecular weight excluding hydrogens is 709 g/mol. The van der Waals surface area contributed by atoms with Gasteiger partial charge in [-0.3, -0.25) is 23.4 Å². The number of allylic oxidation sites excluding steroid dienone is 14. The summed E-state index contributed by atoms with van der Waals surface area (Å²) in [4.78, 5) is 45.8. The van der Waals surface area contributed by atoms with Crippen LogP contribution in [0.1, 0.15) is 129 Å². The molecule has 1 unspecified atom stereocenters. The number of nitrogens with two attached hydrogens (primary N) is 1. The maximum atomic E-state index is 12.6. The van der Waals surface area contributed by atoms with Crippen molar-refractivity contribution >= 4 is 25.7 Å². The molecule has 0 saturated heterocycles. The summed E-state index contributed by atoms with van der Waals surface area (Å²) >= 11 is 0. The lowest BCUT2D eigenvalue weighted by Gasteiger charge is -2.20. The van der Waals surface area contributed by atoms with Crippen molar-refractivity contribution in [3.63, 3.8) is 0 Å². The third-order valence-corrected chi connectivity index (χ3v) is 8.68. The van der Waals surface area contributed by atoms with Gasteiger partial charge in [-0.25, -0.2) is 4.57 Å². The number of phosphoric acid groups is 1. The number of aliphatic carboxylic acids is 1. The van der Waals surface area contributed by atoms with Crippen LogP contribution in [0.5, 0.6) is 0 Å². The van der Waals surface area contributed by atoms with E-state index in [-0.39, 0.29) is 19.4 Å². The Morgan fingerprint density at radius 2 is 1.07 bits per heavy atom. The third kappa shape index (κ3) is 35.7. The van der Waals surface area contributed by atoms with Crippen molar-refractivity contribution in [1.29, 1.82) is 0 Å². The molecule has 54 heavy (non-hydrogen) atoms. The second-order valence-corrected chi connectivity index (χ2v) is 14.2. The molecular formula is C42H68NO10P. The smallest absolute Gasteiger partial charge is 0.472 e. The maximum absolute atomic E-state index is 12.6. The fourth-order valence-corrected chi connectivity index (χ4v) is 5.45. The van der Waals surface area contributed by atoms with E-state index in [0.717, 1.165) is 89.9 Å². The molecule has 4 N–H and O–H groups in total. The number of ether oxygens (including phenoxy) is 2. The first-order valence-electron chi connectivity index (χ1n) is 19.7. The Morgan fingerprint density at radius 1 is 0.593 bits per heavy atom. The van der Waals surface area contributed by atoms with Crippen molar-refractivity contribution < 1.29 is 47.5 Å². The molecule has 3 atom stereocenters. The van der Waals surface area contributed by atoms with E-state index < -0.39 is 51.1 Å². The molecule has 306 valence electrons. The van der Waals surface area contributed by atoms with Crippen molar-refractivity contribution in [2.24, 2.45) is 5.73 Å². The van der Waals surface area contributed by atoms with Crippen LogP contribution in [0.3, 0.4) is 0 Å². The summed E-state index contributed by atoms with van der Waals surface area (Å²) in [6, 6.07) is -1.53. The number of carbonyl (C=O) groups is 3. The number of hydrogen-bond acceptors (Lipinski definition) is 9. The van der Waals surface area contributed by atoms with Crippen LogP contribution in [-0.2, 0) is 37.5 Å².